The van der Waals surface area contributed by atoms with Gasteiger partial charge < -0.3 is 10.0 Å². The molecule has 1 fully saturated rings. The molecule has 100 valence electrons. The van der Waals surface area contributed by atoms with E-state index in [1.807, 2.05) is 6.07 Å². The highest BCUT2D eigenvalue weighted by Crippen LogP contribution is 2.35. The molecule has 2 aromatic rings. The molecule has 0 unspecified atom stereocenters. The summed E-state index contributed by atoms with van der Waals surface area (Å²) in [6.45, 7) is 1.05. The highest BCUT2D eigenvalue weighted by molar-refractivity contribution is 9.10. The van der Waals surface area contributed by atoms with Gasteiger partial charge in [0.15, 0.2) is 0 Å². The van der Waals surface area contributed by atoms with Gasteiger partial charge >= 0.3 is 0 Å². The van der Waals surface area contributed by atoms with Crippen molar-refractivity contribution in [2.75, 3.05) is 4.90 Å². The van der Waals surface area contributed by atoms with Crippen LogP contribution in [0.15, 0.2) is 39.5 Å². The fraction of sp³-hybridized carbons (Fsp3) is 0.333. The molecule has 19 heavy (non-hydrogen) atoms. The maximum absolute atomic E-state index is 9.23. The van der Waals surface area contributed by atoms with Crippen molar-refractivity contribution >= 4 is 33.0 Å². The summed E-state index contributed by atoms with van der Waals surface area (Å²) in [4.78, 5) is 2.47. The first-order chi connectivity index (χ1) is 9.28. The number of rotatable bonds is 5. The van der Waals surface area contributed by atoms with Crippen molar-refractivity contribution in [1.82, 2.24) is 0 Å². The largest absolute Gasteiger partial charge is 0.392 e. The molecule has 0 aliphatic heterocycles. The van der Waals surface area contributed by atoms with Crippen LogP contribution in [-0.2, 0) is 13.2 Å². The number of hydrogen-bond acceptors (Lipinski definition) is 3. The Labute approximate surface area is 125 Å². The topological polar surface area (TPSA) is 23.5 Å². The molecule has 0 bridgehead atoms. The minimum absolute atomic E-state index is 0.0782. The summed E-state index contributed by atoms with van der Waals surface area (Å²) in [5.41, 5.74) is 3.55. The lowest BCUT2D eigenvalue weighted by atomic mass is 10.2. The molecule has 0 amide bonds. The lowest BCUT2D eigenvalue weighted by molar-refractivity contribution is 0.281. The van der Waals surface area contributed by atoms with E-state index in [9.17, 15) is 5.11 Å². The van der Waals surface area contributed by atoms with Crippen molar-refractivity contribution in [1.29, 1.82) is 0 Å². The molecule has 1 heterocycles. The number of aliphatic hydroxyl groups excluding tert-OH is 1. The van der Waals surface area contributed by atoms with Gasteiger partial charge in [0.25, 0.3) is 0 Å². The quantitative estimate of drug-likeness (QED) is 0.884. The van der Waals surface area contributed by atoms with Crippen LogP contribution in [0.3, 0.4) is 0 Å². The van der Waals surface area contributed by atoms with Crippen LogP contribution in [-0.4, -0.2) is 11.1 Å². The SMILES string of the molecule is OCc1ccc(N(Cc2ccsc2)C2CC2)cc1Br. The minimum Gasteiger partial charge on any atom is -0.392 e. The van der Waals surface area contributed by atoms with Crippen molar-refractivity contribution in [3.63, 3.8) is 0 Å². The van der Waals surface area contributed by atoms with Crippen molar-refractivity contribution in [2.45, 2.75) is 32.0 Å². The molecule has 0 atom stereocenters. The van der Waals surface area contributed by atoms with Crippen LogP contribution in [0.1, 0.15) is 24.0 Å². The van der Waals surface area contributed by atoms with Crippen molar-refractivity contribution < 1.29 is 5.11 Å². The van der Waals surface area contributed by atoms with Gasteiger partial charge in [-0.2, -0.15) is 11.3 Å². The van der Waals surface area contributed by atoms with Crippen LogP contribution in [0, 0.1) is 0 Å². The Balaban J connectivity index is 1.85. The van der Waals surface area contributed by atoms with Gasteiger partial charge in [-0.1, -0.05) is 22.0 Å². The number of benzene rings is 1. The normalized spacial score (nSPS) is 14.6. The first-order valence-electron chi connectivity index (χ1n) is 6.45. The number of aliphatic hydroxyl groups is 1. The molecule has 1 aromatic heterocycles. The molecule has 4 heteroatoms. The summed E-state index contributed by atoms with van der Waals surface area (Å²) < 4.78 is 0.989. The van der Waals surface area contributed by atoms with Crippen LogP contribution in [0.25, 0.3) is 0 Å². The van der Waals surface area contributed by atoms with Gasteiger partial charge in [-0.15, -0.1) is 0 Å². The van der Waals surface area contributed by atoms with Crippen LogP contribution in [0.2, 0.25) is 0 Å². The Morgan fingerprint density at radius 2 is 2.16 bits per heavy atom. The van der Waals surface area contributed by atoms with Crippen molar-refractivity contribution in [2.24, 2.45) is 0 Å². The maximum atomic E-state index is 9.23. The average Bonchev–Trinajstić information content (AvgIpc) is 3.13. The van der Waals surface area contributed by atoms with E-state index in [1.165, 1.54) is 24.1 Å². The zero-order valence-electron chi connectivity index (χ0n) is 10.6. The smallest absolute Gasteiger partial charge is 0.0692 e. The molecule has 3 rings (SSSR count). The molecule has 1 aliphatic carbocycles. The number of halogens is 1. The number of thiophene rings is 1. The van der Waals surface area contributed by atoms with Crippen LogP contribution >= 0.6 is 27.3 Å². The molecule has 2 nitrogen and oxygen atoms in total. The Hall–Kier alpha value is -0.840. The molecular weight excluding hydrogens is 322 g/mol. The molecule has 0 saturated heterocycles. The predicted molar refractivity (Wildman–Crippen MR) is 83.6 cm³/mol. The van der Waals surface area contributed by atoms with Crippen LogP contribution in [0.5, 0.6) is 0 Å². The highest BCUT2D eigenvalue weighted by Gasteiger charge is 2.29. The highest BCUT2D eigenvalue weighted by atomic mass is 79.9. The number of nitrogens with zero attached hydrogens (tertiary/aromatic N) is 1. The summed E-state index contributed by atoms with van der Waals surface area (Å²) in [6.07, 6.45) is 2.56. The third-order valence-corrected chi connectivity index (χ3v) is 4.93. The summed E-state index contributed by atoms with van der Waals surface area (Å²) in [7, 11) is 0. The molecular formula is C15H16BrNOS. The van der Waals surface area contributed by atoms with E-state index in [1.54, 1.807) is 11.3 Å². The predicted octanol–water partition coefficient (Wildman–Crippen LogP) is 4.17. The lowest BCUT2D eigenvalue weighted by Gasteiger charge is -2.25. The number of anilines is 1. The van der Waals surface area contributed by atoms with Gasteiger partial charge in [0.05, 0.1) is 6.61 Å². The van der Waals surface area contributed by atoms with E-state index >= 15 is 0 Å². The van der Waals surface area contributed by atoms with E-state index in [-0.39, 0.29) is 6.61 Å². The van der Waals surface area contributed by atoms with E-state index in [2.05, 4.69) is 49.8 Å². The second-order valence-electron chi connectivity index (χ2n) is 4.92. The van der Waals surface area contributed by atoms with Crippen molar-refractivity contribution in [3.8, 4) is 0 Å². The zero-order valence-corrected chi connectivity index (χ0v) is 13.0. The summed E-state index contributed by atoms with van der Waals surface area (Å²) in [5.74, 6) is 0. The monoisotopic (exact) mass is 337 g/mol. The van der Waals surface area contributed by atoms with Gasteiger partial charge in [0, 0.05) is 22.7 Å². The minimum atomic E-state index is 0.0782. The lowest BCUT2D eigenvalue weighted by Crippen LogP contribution is -2.24. The van der Waals surface area contributed by atoms with E-state index in [0.29, 0.717) is 6.04 Å². The standard InChI is InChI=1S/C15H16BrNOS/c16-15-7-14(2-1-12(15)9-18)17(13-3-4-13)8-11-5-6-19-10-11/h1-2,5-7,10,13,18H,3-4,8-9H2. The first kappa shape index (κ1) is 13.2. The zero-order chi connectivity index (χ0) is 13.2. The van der Waals surface area contributed by atoms with Gasteiger partial charge in [-0.3, -0.25) is 0 Å². The van der Waals surface area contributed by atoms with Crippen LogP contribution < -0.4 is 4.90 Å². The molecule has 1 saturated carbocycles. The van der Waals surface area contributed by atoms with Crippen molar-refractivity contribution in [3.05, 3.63) is 50.6 Å². The molecule has 1 aliphatic rings. The Morgan fingerprint density at radius 1 is 1.32 bits per heavy atom. The van der Waals surface area contributed by atoms with Gasteiger partial charge in [-0.05, 0) is 52.9 Å². The van der Waals surface area contributed by atoms with E-state index in [0.717, 1.165) is 16.6 Å². The van der Waals surface area contributed by atoms with Gasteiger partial charge in [-0.25, -0.2) is 0 Å². The molecule has 1 aromatic carbocycles. The maximum Gasteiger partial charge on any atom is 0.0692 e. The third kappa shape index (κ3) is 3.02. The Kier molecular flexibility index (Phi) is 3.91. The fourth-order valence-corrected chi connectivity index (χ4v) is 3.39. The molecule has 0 radical (unpaired) electrons. The fourth-order valence-electron chi connectivity index (χ4n) is 2.24. The summed E-state index contributed by atoms with van der Waals surface area (Å²) in [5, 5.41) is 13.6. The molecule has 1 N–H and O–H groups in total. The molecule has 0 spiro atoms. The summed E-state index contributed by atoms with van der Waals surface area (Å²) >= 11 is 5.29. The van der Waals surface area contributed by atoms with Gasteiger partial charge in [0.2, 0.25) is 0 Å². The Bertz CT molecular complexity index is 551. The number of hydrogen-bond donors (Lipinski definition) is 1. The summed E-state index contributed by atoms with van der Waals surface area (Å²) in [6, 6.07) is 9.10. The second-order valence-corrected chi connectivity index (χ2v) is 6.56. The van der Waals surface area contributed by atoms with Crippen LogP contribution in [0.4, 0.5) is 5.69 Å². The average molecular weight is 338 g/mol. The first-order valence-corrected chi connectivity index (χ1v) is 8.18. The van der Waals surface area contributed by atoms with E-state index < -0.39 is 0 Å². The second kappa shape index (κ2) is 5.65. The third-order valence-electron chi connectivity index (χ3n) is 3.46. The Morgan fingerprint density at radius 3 is 2.74 bits per heavy atom. The van der Waals surface area contributed by atoms with Gasteiger partial charge in [0.1, 0.15) is 0 Å². The van der Waals surface area contributed by atoms with E-state index in [4.69, 9.17) is 0 Å².